The molecule has 1 fully saturated rings. The molecule has 1 aromatic heterocycles. The molecule has 3 aromatic rings. The summed E-state index contributed by atoms with van der Waals surface area (Å²) in [5.41, 5.74) is 4.97. The summed E-state index contributed by atoms with van der Waals surface area (Å²) in [5, 5.41) is 9.10. The number of benzene rings is 2. The van der Waals surface area contributed by atoms with Gasteiger partial charge in [-0.2, -0.15) is 5.26 Å². The molecule has 2 aromatic carbocycles. The number of aryl methyl sites for hydroxylation is 1. The average Bonchev–Trinajstić information content (AvgIpc) is 3.11. The van der Waals surface area contributed by atoms with Crippen LogP contribution in [0.1, 0.15) is 46.6 Å². The monoisotopic (exact) mass is 384 g/mol. The van der Waals surface area contributed by atoms with E-state index in [0.717, 1.165) is 48.7 Å². The Kier molecular flexibility index (Phi) is 5.18. The summed E-state index contributed by atoms with van der Waals surface area (Å²) in [6.45, 7) is 5.60. The van der Waals surface area contributed by atoms with Gasteiger partial charge in [0, 0.05) is 24.3 Å². The zero-order valence-corrected chi connectivity index (χ0v) is 16.9. The van der Waals surface area contributed by atoms with E-state index < -0.39 is 0 Å². The van der Waals surface area contributed by atoms with E-state index in [1.165, 1.54) is 12.0 Å². The second-order valence-electron chi connectivity index (χ2n) is 7.58. The normalized spacial score (nSPS) is 13.9. The van der Waals surface area contributed by atoms with Crippen molar-refractivity contribution in [1.29, 1.82) is 5.26 Å². The number of rotatable bonds is 3. The molecule has 146 valence electrons. The first-order chi connectivity index (χ1) is 14.1. The second-order valence-corrected chi connectivity index (χ2v) is 7.58. The number of nitrogens with zero attached hydrogens (tertiary/aromatic N) is 4. The highest BCUT2D eigenvalue weighted by atomic mass is 16.2. The minimum absolute atomic E-state index is 0.00274. The lowest BCUT2D eigenvalue weighted by atomic mass is 10.1. The molecule has 0 saturated carbocycles. The second kappa shape index (κ2) is 7.92. The SMILES string of the molecule is Cc1ccc(-n2c(-c3ccc(C#N)cc3)nc(C(=O)N3CCCCC3)c2C)cc1. The van der Waals surface area contributed by atoms with Crippen molar-refractivity contribution in [3.63, 3.8) is 0 Å². The van der Waals surface area contributed by atoms with Crippen molar-refractivity contribution in [3.05, 3.63) is 71.0 Å². The molecule has 1 aliphatic rings. The first kappa shape index (κ1) is 18.9. The molecule has 0 N–H and O–H groups in total. The fourth-order valence-electron chi connectivity index (χ4n) is 3.85. The molecule has 5 nitrogen and oxygen atoms in total. The third-order valence-electron chi connectivity index (χ3n) is 5.52. The quantitative estimate of drug-likeness (QED) is 0.660. The predicted molar refractivity (Wildman–Crippen MR) is 113 cm³/mol. The van der Waals surface area contributed by atoms with Crippen molar-refractivity contribution >= 4 is 5.91 Å². The summed E-state index contributed by atoms with van der Waals surface area (Å²) < 4.78 is 2.04. The van der Waals surface area contributed by atoms with Crippen LogP contribution in [0.3, 0.4) is 0 Å². The van der Waals surface area contributed by atoms with E-state index in [9.17, 15) is 4.79 Å². The Morgan fingerprint density at radius 1 is 0.966 bits per heavy atom. The lowest BCUT2D eigenvalue weighted by Gasteiger charge is -2.26. The predicted octanol–water partition coefficient (Wildman–Crippen LogP) is 4.65. The Hall–Kier alpha value is -3.39. The zero-order chi connectivity index (χ0) is 20.4. The smallest absolute Gasteiger partial charge is 0.274 e. The Morgan fingerprint density at radius 2 is 1.62 bits per heavy atom. The van der Waals surface area contributed by atoms with Crippen molar-refractivity contribution in [1.82, 2.24) is 14.5 Å². The van der Waals surface area contributed by atoms with Crippen molar-refractivity contribution in [3.8, 4) is 23.1 Å². The van der Waals surface area contributed by atoms with E-state index in [1.807, 2.05) is 40.7 Å². The van der Waals surface area contributed by atoms with Gasteiger partial charge in [0.25, 0.3) is 5.91 Å². The zero-order valence-electron chi connectivity index (χ0n) is 16.9. The Labute approximate surface area is 171 Å². The van der Waals surface area contributed by atoms with Crippen molar-refractivity contribution in [2.75, 3.05) is 13.1 Å². The minimum atomic E-state index is 0.00274. The van der Waals surface area contributed by atoms with Gasteiger partial charge < -0.3 is 4.90 Å². The summed E-state index contributed by atoms with van der Waals surface area (Å²) in [6.07, 6.45) is 3.27. The highest BCUT2D eigenvalue weighted by Gasteiger charge is 2.26. The van der Waals surface area contributed by atoms with Crippen LogP contribution in [0.4, 0.5) is 0 Å². The van der Waals surface area contributed by atoms with E-state index in [0.29, 0.717) is 11.3 Å². The van der Waals surface area contributed by atoms with Crippen LogP contribution in [0.2, 0.25) is 0 Å². The number of hydrogen-bond donors (Lipinski definition) is 0. The summed E-state index contributed by atoms with van der Waals surface area (Å²) in [7, 11) is 0. The van der Waals surface area contributed by atoms with Crippen molar-refractivity contribution in [2.24, 2.45) is 0 Å². The standard InChI is InChI=1S/C24H24N4O/c1-17-6-12-21(13-7-17)28-18(2)22(24(29)27-14-4-3-5-15-27)26-23(28)20-10-8-19(16-25)9-11-20/h6-13H,3-5,14-15H2,1-2H3. The average molecular weight is 384 g/mol. The van der Waals surface area contributed by atoms with Crippen LogP contribution in [0.15, 0.2) is 48.5 Å². The number of nitriles is 1. The molecule has 1 amide bonds. The van der Waals surface area contributed by atoms with Crippen LogP contribution in [-0.4, -0.2) is 33.4 Å². The molecule has 1 aliphatic heterocycles. The summed E-state index contributed by atoms with van der Waals surface area (Å²) in [4.78, 5) is 19.9. The van der Waals surface area contributed by atoms with Gasteiger partial charge in [0.15, 0.2) is 0 Å². The fourth-order valence-corrected chi connectivity index (χ4v) is 3.85. The maximum absolute atomic E-state index is 13.2. The number of amides is 1. The van der Waals surface area contributed by atoms with Gasteiger partial charge in [-0.05, 0) is 69.5 Å². The first-order valence-corrected chi connectivity index (χ1v) is 10.0. The molecule has 2 heterocycles. The number of aromatic nitrogens is 2. The maximum atomic E-state index is 13.2. The van der Waals surface area contributed by atoms with Crippen molar-refractivity contribution < 1.29 is 4.79 Å². The van der Waals surface area contributed by atoms with Crippen LogP contribution in [-0.2, 0) is 0 Å². The van der Waals surface area contributed by atoms with Gasteiger partial charge in [-0.25, -0.2) is 4.98 Å². The number of hydrogen-bond acceptors (Lipinski definition) is 3. The Balaban J connectivity index is 1.84. The number of carbonyl (C=O) groups is 1. The third-order valence-corrected chi connectivity index (χ3v) is 5.52. The maximum Gasteiger partial charge on any atom is 0.274 e. The van der Waals surface area contributed by atoms with E-state index in [-0.39, 0.29) is 5.91 Å². The van der Waals surface area contributed by atoms with E-state index in [1.54, 1.807) is 12.1 Å². The number of likely N-dealkylation sites (tertiary alicyclic amines) is 1. The highest BCUT2D eigenvalue weighted by Crippen LogP contribution is 2.28. The lowest BCUT2D eigenvalue weighted by Crippen LogP contribution is -2.36. The van der Waals surface area contributed by atoms with Crippen LogP contribution >= 0.6 is 0 Å². The van der Waals surface area contributed by atoms with E-state index >= 15 is 0 Å². The van der Waals surface area contributed by atoms with E-state index in [4.69, 9.17) is 10.2 Å². The largest absolute Gasteiger partial charge is 0.337 e. The summed E-state index contributed by atoms with van der Waals surface area (Å²) in [6, 6.07) is 17.7. The van der Waals surface area contributed by atoms with E-state index in [2.05, 4.69) is 25.1 Å². The molecule has 4 rings (SSSR count). The Bertz CT molecular complexity index is 1070. The van der Waals surface area contributed by atoms with Gasteiger partial charge in [-0.15, -0.1) is 0 Å². The number of imidazole rings is 1. The van der Waals surface area contributed by atoms with Crippen LogP contribution in [0, 0.1) is 25.2 Å². The topological polar surface area (TPSA) is 61.9 Å². The molecular weight excluding hydrogens is 360 g/mol. The molecule has 1 saturated heterocycles. The van der Waals surface area contributed by atoms with Crippen molar-refractivity contribution in [2.45, 2.75) is 33.1 Å². The van der Waals surface area contributed by atoms with Gasteiger partial charge in [0.1, 0.15) is 11.5 Å². The molecule has 5 heteroatoms. The molecule has 0 aliphatic carbocycles. The van der Waals surface area contributed by atoms with Gasteiger partial charge in [-0.1, -0.05) is 17.7 Å². The molecule has 29 heavy (non-hydrogen) atoms. The molecular formula is C24H24N4O. The van der Waals surface area contributed by atoms with Gasteiger partial charge in [0.05, 0.1) is 17.3 Å². The lowest BCUT2D eigenvalue weighted by molar-refractivity contribution is 0.0718. The Morgan fingerprint density at radius 3 is 2.24 bits per heavy atom. The summed E-state index contributed by atoms with van der Waals surface area (Å²) in [5.74, 6) is 0.721. The highest BCUT2D eigenvalue weighted by molar-refractivity contribution is 5.94. The minimum Gasteiger partial charge on any atom is -0.337 e. The first-order valence-electron chi connectivity index (χ1n) is 10.0. The fraction of sp³-hybridized carbons (Fsp3) is 0.292. The van der Waals surface area contributed by atoms with Gasteiger partial charge >= 0.3 is 0 Å². The molecule has 0 bridgehead atoms. The summed E-state index contributed by atoms with van der Waals surface area (Å²) >= 11 is 0. The van der Waals surface area contributed by atoms with Gasteiger partial charge in [0.2, 0.25) is 0 Å². The van der Waals surface area contributed by atoms with Crippen LogP contribution in [0.25, 0.3) is 17.1 Å². The van der Waals surface area contributed by atoms with Gasteiger partial charge in [-0.3, -0.25) is 9.36 Å². The molecule has 0 atom stereocenters. The van der Waals surface area contributed by atoms with Crippen LogP contribution < -0.4 is 0 Å². The third kappa shape index (κ3) is 3.66. The molecule has 0 radical (unpaired) electrons. The number of carbonyl (C=O) groups excluding carboxylic acids is 1. The van der Waals surface area contributed by atoms with Crippen LogP contribution in [0.5, 0.6) is 0 Å². The molecule has 0 spiro atoms. The number of piperidine rings is 1. The molecule has 0 unspecified atom stereocenters.